The smallest absolute Gasteiger partial charge is 0.288 e. The number of nitro groups is 1. The molecule has 0 aliphatic heterocycles. The minimum absolute atomic E-state index is 0.106. The topological polar surface area (TPSA) is 63.5 Å². The molecule has 108 valence electrons. The van der Waals surface area contributed by atoms with E-state index < -0.39 is 10.8 Å². The number of benzene rings is 2. The zero-order valence-electron chi connectivity index (χ0n) is 11.5. The molecule has 2 rings (SSSR count). The molecule has 0 heterocycles. The van der Waals surface area contributed by atoms with Crippen LogP contribution in [0, 0.1) is 17.0 Å². The van der Waals surface area contributed by atoms with Gasteiger partial charge in [-0.25, -0.2) is 0 Å². The number of carbonyl (C=O) groups is 1. The van der Waals surface area contributed by atoms with E-state index in [0.717, 1.165) is 5.56 Å². The molecule has 0 fully saturated rings. The molecule has 0 spiro atoms. The zero-order chi connectivity index (χ0) is 15.6. The van der Waals surface area contributed by atoms with Crippen molar-refractivity contribution in [1.29, 1.82) is 0 Å². The average Bonchev–Trinajstić information content (AvgIpc) is 2.45. The van der Waals surface area contributed by atoms with Crippen molar-refractivity contribution in [3.8, 4) is 0 Å². The van der Waals surface area contributed by atoms with Gasteiger partial charge in [0.25, 0.3) is 11.6 Å². The normalized spacial score (nSPS) is 10.2. The molecule has 0 unspecified atom stereocenters. The molecule has 0 bridgehead atoms. The highest BCUT2D eigenvalue weighted by Gasteiger charge is 2.22. The molecule has 1 amide bonds. The zero-order valence-corrected chi connectivity index (χ0v) is 12.3. The Morgan fingerprint density at radius 2 is 1.90 bits per heavy atom. The second-order valence-electron chi connectivity index (χ2n) is 4.60. The number of nitrogens with zero attached hydrogens (tertiary/aromatic N) is 2. The molecule has 2 aromatic rings. The fourth-order valence-electron chi connectivity index (χ4n) is 1.96. The van der Waals surface area contributed by atoms with E-state index in [1.165, 1.54) is 23.1 Å². The molecule has 21 heavy (non-hydrogen) atoms. The van der Waals surface area contributed by atoms with Crippen molar-refractivity contribution in [2.75, 3.05) is 11.9 Å². The van der Waals surface area contributed by atoms with E-state index in [9.17, 15) is 14.9 Å². The van der Waals surface area contributed by atoms with Crippen molar-refractivity contribution in [1.82, 2.24) is 0 Å². The van der Waals surface area contributed by atoms with Crippen LogP contribution >= 0.6 is 11.6 Å². The quantitative estimate of drug-likeness (QED) is 0.639. The Hall–Kier alpha value is -2.40. The first-order valence-corrected chi connectivity index (χ1v) is 6.57. The van der Waals surface area contributed by atoms with Crippen LogP contribution in [-0.4, -0.2) is 17.9 Å². The summed E-state index contributed by atoms with van der Waals surface area (Å²) < 4.78 is 0. The first-order valence-electron chi connectivity index (χ1n) is 6.19. The molecule has 5 nitrogen and oxygen atoms in total. The van der Waals surface area contributed by atoms with Crippen molar-refractivity contribution >= 4 is 28.9 Å². The predicted molar refractivity (Wildman–Crippen MR) is 82.0 cm³/mol. The monoisotopic (exact) mass is 304 g/mol. The summed E-state index contributed by atoms with van der Waals surface area (Å²) in [6.07, 6.45) is 0. The molecular formula is C15H13ClN2O3. The van der Waals surface area contributed by atoms with Gasteiger partial charge in [0, 0.05) is 18.8 Å². The summed E-state index contributed by atoms with van der Waals surface area (Å²) in [5.74, 6) is -0.394. The SMILES string of the molecule is Cc1cccc(N(C)C(=O)c2cccc([N+](=O)[O-])c2Cl)c1. The Morgan fingerprint density at radius 3 is 2.52 bits per heavy atom. The van der Waals surface area contributed by atoms with Crippen LogP contribution in [0.5, 0.6) is 0 Å². The molecule has 0 atom stereocenters. The van der Waals surface area contributed by atoms with Gasteiger partial charge in [-0.05, 0) is 30.7 Å². The molecule has 0 aliphatic carbocycles. The number of carbonyl (C=O) groups excluding carboxylic acids is 1. The summed E-state index contributed by atoms with van der Waals surface area (Å²) in [5.41, 5.74) is 1.54. The molecule has 0 N–H and O–H groups in total. The van der Waals surface area contributed by atoms with Gasteiger partial charge in [-0.15, -0.1) is 0 Å². The standard InChI is InChI=1S/C15H13ClN2O3/c1-10-5-3-6-11(9-10)17(2)15(19)12-7-4-8-13(14(12)16)18(20)21/h3-9H,1-2H3. The van der Waals surface area contributed by atoms with Gasteiger partial charge >= 0.3 is 0 Å². The minimum atomic E-state index is -0.605. The maximum absolute atomic E-state index is 12.5. The Bertz CT molecular complexity index is 716. The van der Waals surface area contributed by atoms with E-state index in [1.807, 2.05) is 25.1 Å². The van der Waals surface area contributed by atoms with E-state index in [2.05, 4.69) is 0 Å². The van der Waals surface area contributed by atoms with Crippen molar-refractivity contribution in [2.45, 2.75) is 6.92 Å². The summed E-state index contributed by atoms with van der Waals surface area (Å²) in [7, 11) is 1.60. The van der Waals surface area contributed by atoms with E-state index in [-0.39, 0.29) is 16.3 Å². The molecule has 0 aromatic heterocycles. The molecule has 0 saturated carbocycles. The molecule has 0 radical (unpaired) electrons. The lowest BCUT2D eigenvalue weighted by Gasteiger charge is -2.18. The van der Waals surface area contributed by atoms with E-state index in [0.29, 0.717) is 5.69 Å². The van der Waals surface area contributed by atoms with Crippen LogP contribution in [0.1, 0.15) is 15.9 Å². The summed E-state index contributed by atoms with van der Waals surface area (Å²) in [6, 6.07) is 11.6. The maximum Gasteiger partial charge on any atom is 0.288 e. The van der Waals surface area contributed by atoms with Crippen LogP contribution < -0.4 is 4.90 Å². The van der Waals surface area contributed by atoms with Gasteiger partial charge in [0.2, 0.25) is 0 Å². The van der Waals surface area contributed by atoms with Crippen LogP contribution in [0.2, 0.25) is 5.02 Å². The number of hydrogen-bond acceptors (Lipinski definition) is 3. The summed E-state index contributed by atoms with van der Waals surface area (Å²) in [5, 5.41) is 10.7. The highest BCUT2D eigenvalue weighted by Crippen LogP contribution is 2.29. The van der Waals surface area contributed by atoms with Gasteiger partial charge in [-0.3, -0.25) is 14.9 Å². The lowest BCUT2D eigenvalue weighted by atomic mass is 10.1. The largest absolute Gasteiger partial charge is 0.311 e. The number of halogens is 1. The maximum atomic E-state index is 12.5. The van der Waals surface area contributed by atoms with E-state index in [4.69, 9.17) is 11.6 Å². The van der Waals surface area contributed by atoms with Gasteiger partial charge < -0.3 is 4.90 Å². The lowest BCUT2D eigenvalue weighted by molar-refractivity contribution is -0.384. The lowest BCUT2D eigenvalue weighted by Crippen LogP contribution is -2.26. The Balaban J connectivity index is 2.41. The fraction of sp³-hybridized carbons (Fsp3) is 0.133. The number of amides is 1. The van der Waals surface area contributed by atoms with Gasteiger partial charge in [-0.2, -0.15) is 0 Å². The fourth-order valence-corrected chi connectivity index (χ4v) is 2.24. The molecular weight excluding hydrogens is 292 g/mol. The Labute approximate surface area is 126 Å². The van der Waals surface area contributed by atoms with E-state index >= 15 is 0 Å². The average molecular weight is 305 g/mol. The molecule has 0 saturated heterocycles. The van der Waals surface area contributed by atoms with Crippen LogP contribution in [0.4, 0.5) is 11.4 Å². The highest BCUT2D eigenvalue weighted by atomic mass is 35.5. The van der Waals surface area contributed by atoms with Crippen LogP contribution in [0.3, 0.4) is 0 Å². The van der Waals surface area contributed by atoms with Gasteiger partial charge in [-0.1, -0.05) is 29.8 Å². The number of anilines is 1. The molecule has 6 heteroatoms. The van der Waals surface area contributed by atoms with Crippen molar-refractivity contribution in [2.24, 2.45) is 0 Å². The Morgan fingerprint density at radius 1 is 1.24 bits per heavy atom. The van der Waals surface area contributed by atoms with Gasteiger partial charge in [0.15, 0.2) is 0 Å². The Kier molecular flexibility index (Phi) is 4.23. The van der Waals surface area contributed by atoms with Crippen LogP contribution in [0.25, 0.3) is 0 Å². The third-order valence-electron chi connectivity index (χ3n) is 3.10. The third-order valence-corrected chi connectivity index (χ3v) is 3.50. The second-order valence-corrected chi connectivity index (χ2v) is 4.98. The first kappa shape index (κ1) is 15.0. The molecule has 0 aliphatic rings. The summed E-state index contributed by atoms with van der Waals surface area (Å²) in [4.78, 5) is 24.2. The van der Waals surface area contributed by atoms with Crippen LogP contribution in [0.15, 0.2) is 42.5 Å². The van der Waals surface area contributed by atoms with Crippen molar-refractivity contribution in [3.63, 3.8) is 0 Å². The first-order chi connectivity index (χ1) is 9.91. The minimum Gasteiger partial charge on any atom is -0.311 e. The number of aryl methyl sites for hydroxylation is 1. The van der Waals surface area contributed by atoms with Crippen molar-refractivity contribution < 1.29 is 9.72 Å². The summed E-state index contributed by atoms with van der Waals surface area (Å²) in [6.45, 7) is 1.92. The van der Waals surface area contributed by atoms with E-state index in [1.54, 1.807) is 13.1 Å². The number of rotatable bonds is 3. The predicted octanol–water partition coefficient (Wildman–Crippen LogP) is 3.83. The van der Waals surface area contributed by atoms with Gasteiger partial charge in [0.05, 0.1) is 10.5 Å². The van der Waals surface area contributed by atoms with Crippen LogP contribution in [-0.2, 0) is 0 Å². The molecule has 2 aromatic carbocycles. The second kappa shape index (κ2) is 5.93. The third kappa shape index (κ3) is 3.03. The number of nitro benzene ring substituents is 1. The van der Waals surface area contributed by atoms with Gasteiger partial charge in [0.1, 0.15) is 5.02 Å². The van der Waals surface area contributed by atoms with Crippen molar-refractivity contribution in [3.05, 3.63) is 68.7 Å². The highest BCUT2D eigenvalue weighted by molar-refractivity contribution is 6.36. The summed E-state index contributed by atoms with van der Waals surface area (Å²) >= 11 is 5.97. The number of hydrogen-bond donors (Lipinski definition) is 0.